The van der Waals surface area contributed by atoms with Crippen LogP contribution in [0.1, 0.15) is 64.9 Å². The molecule has 15 nitrogen and oxygen atoms in total. The number of nitrogens with zero attached hydrogens (tertiary/aromatic N) is 2. The van der Waals surface area contributed by atoms with Gasteiger partial charge in [-0.25, -0.2) is 4.79 Å². The standard InChI is InChI=1S/C36H41BrN4O11/c1-36(35(46)50-5)33(44)28-27-20(17-37)18-41(34(45)21-14-19-15-24(47-2)31(48-3)32(49-4)29(19)38-21)22(27)16-23(30(28)39-36)52-26(43)9-7-6-8-25(42)40-10-12-51-13-11-40/h14-16,20,38-39H,6-13,17-18H2,1-5H3/t20-,36-/m1/s1. The molecule has 1 saturated heterocycles. The molecule has 6 rings (SSSR count). The second kappa shape index (κ2) is 15.0. The summed E-state index contributed by atoms with van der Waals surface area (Å²) < 4.78 is 32.8. The SMILES string of the molecule is COC(=O)[C@]1(C)Nc2c(OC(=O)CCCCC(=O)N3CCOCC3)cc3c(c2C1=O)[C@H](CBr)CN3C(=O)c1cc2cc(OC)c(OC)c(OC)c2[nH]1. The summed E-state index contributed by atoms with van der Waals surface area (Å²) in [6.07, 6.45) is 1.16. The Morgan fingerprint density at radius 3 is 2.33 bits per heavy atom. The number of methoxy groups -OCH3 is 4. The van der Waals surface area contributed by atoms with Gasteiger partial charge >= 0.3 is 11.9 Å². The van der Waals surface area contributed by atoms with Crippen LogP contribution in [0.5, 0.6) is 23.0 Å². The lowest BCUT2D eigenvalue weighted by Crippen LogP contribution is -2.47. The third-order valence-corrected chi connectivity index (χ3v) is 10.5. The van der Waals surface area contributed by atoms with Crippen molar-refractivity contribution in [2.45, 2.75) is 44.1 Å². The summed E-state index contributed by atoms with van der Waals surface area (Å²) in [6.45, 7) is 3.71. The van der Waals surface area contributed by atoms with E-state index in [1.807, 2.05) is 0 Å². The molecule has 1 fully saturated rings. The summed E-state index contributed by atoms with van der Waals surface area (Å²) in [6, 6.07) is 4.94. The molecule has 2 N–H and O–H groups in total. The molecule has 52 heavy (non-hydrogen) atoms. The highest BCUT2D eigenvalue weighted by molar-refractivity contribution is 9.09. The van der Waals surface area contributed by atoms with Crippen molar-refractivity contribution in [3.63, 3.8) is 0 Å². The molecule has 3 aromatic rings. The number of esters is 2. The van der Waals surface area contributed by atoms with Gasteiger partial charge in [0.1, 0.15) is 5.69 Å². The predicted octanol–water partition coefficient (Wildman–Crippen LogP) is 4.20. The lowest BCUT2D eigenvalue weighted by Gasteiger charge is -2.26. The van der Waals surface area contributed by atoms with Gasteiger partial charge in [-0.05, 0) is 37.5 Å². The van der Waals surface area contributed by atoms with E-state index in [9.17, 15) is 24.0 Å². The van der Waals surface area contributed by atoms with Crippen LogP contribution in [0.2, 0.25) is 0 Å². The van der Waals surface area contributed by atoms with Crippen molar-refractivity contribution in [3.05, 3.63) is 35.0 Å². The maximum atomic E-state index is 14.3. The Balaban J connectivity index is 1.33. The van der Waals surface area contributed by atoms with Gasteiger partial charge < -0.3 is 48.5 Å². The summed E-state index contributed by atoms with van der Waals surface area (Å²) in [4.78, 5) is 73.7. The number of Topliss-reactive ketones (excluding diaryl/α,β-unsaturated/α-hetero) is 1. The first kappa shape index (κ1) is 36.9. The zero-order chi connectivity index (χ0) is 37.3. The number of H-pyrrole nitrogens is 1. The number of carbonyl (C=O) groups is 5. The molecule has 2 aromatic carbocycles. The fraction of sp³-hybridized carbons (Fsp3) is 0.472. The number of benzene rings is 2. The van der Waals surface area contributed by atoms with Crippen LogP contribution in [0.3, 0.4) is 0 Å². The minimum atomic E-state index is -1.80. The third-order valence-electron chi connectivity index (χ3n) is 9.75. The number of ketones is 1. The third kappa shape index (κ3) is 6.42. The summed E-state index contributed by atoms with van der Waals surface area (Å²) in [5.41, 5.74) is 0.149. The molecule has 16 heteroatoms. The summed E-state index contributed by atoms with van der Waals surface area (Å²) >= 11 is 3.55. The molecule has 1 aromatic heterocycles. The number of unbranched alkanes of at least 4 members (excludes halogenated alkanes) is 1. The minimum Gasteiger partial charge on any atom is -0.493 e. The number of nitrogens with one attached hydrogen (secondary N) is 2. The molecule has 0 unspecified atom stereocenters. The minimum absolute atomic E-state index is 0.000950. The first-order chi connectivity index (χ1) is 25.0. The van der Waals surface area contributed by atoms with Crippen LogP contribution in [0.15, 0.2) is 18.2 Å². The molecule has 0 radical (unpaired) electrons. The average Bonchev–Trinajstić information content (AvgIpc) is 3.84. The molecule has 0 bridgehead atoms. The molecular weight excluding hydrogens is 744 g/mol. The van der Waals surface area contributed by atoms with Crippen LogP contribution < -0.4 is 29.2 Å². The Labute approximate surface area is 308 Å². The number of amides is 2. The van der Waals surface area contributed by atoms with Crippen LogP contribution in [-0.4, -0.2) is 112 Å². The van der Waals surface area contributed by atoms with Crippen LogP contribution in [0.25, 0.3) is 10.9 Å². The zero-order valence-electron chi connectivity index (χ0n) is 29.6. The molecular formula is C36H41BrN4O11. The largest absolute Gasteiger partial charge is 0.493 e. The Morgan fingerprint density at radius 2 is 1.67 bits per heavy atom. The van der Waals surface area contributed by atoms with Gasteiger partial charge in [-0.1, -0.05) is 15.9 Å². The monoisotopic (exact) mass is 784 g/mol. The second-order valence-electron chi connectivity index (χ2n) is 12.9. The van der Waals surface area contributed by atoms with Crippen molar-refractivity contribution >= 4 is 67.7 Å². The number of aromatic nitrogens is 1. The first-order valence-corrected chi connectivity index (χ1v) is 18.0. The maximum Gasteiger partial charge on any atom is 0.339 e. The van der Waals surface area contributed by atoms with Crippen LogP contribution >= 0.6 is 15.9 Å². The fourth-order valence-electron chi connectivity index (χ4n) is 7.06. The molecule has 0 saturated carbocycles. The zero-order valence-corrected chi connectivity index (χ0v) is 31.2. The van der Waals surface area contributed by atoms with Gasteiger partial charge in [0.05, 0.1) is 64.1 Å². The quantitative estimate of drug-likeness (QED) is 0.0883. The van der Waals surface area contributed by atoms with E-state index in [2.05, 4.69) is 26.2 Å². The second-order valence-corrected chi connectivity index (χ2v) is 13.5. The van der Waals surface area contributed by atoms with Gasteiger partial charge in [-0.3, -0.25) is 19.2 Å². The summed E-state index contributed by atoms with van der Waals surface area (Å²) in [7, 11) is 5.66. The number of hydrogen-bond donors (Lipinski definition) is 2. The number of ether oxygens (including phenoxy) is 6. The highest BCUT2D eigenvalue weighted by Crippen LogP contribution is 2.52. The van der Waals surface area contributed by atoms with E-state index in [1.54, 1.807) is 23.1 Å². The number of halogens is 1. The molecule has 0 aliphatic carbocycles. The van der Waals surface area contributed by atoms with Gasteiger partial charge in [0, 0.05) is 55.2 Å². The molecule has 2 amide bonds. The highest BCUT2D eigenvalue weighted by Gasteiger charge is 2.53. The van der Waals surface area contributed by atoms with Crippen LogP contribution in [0, 0.1) is 0 Å². The molecule has 0 spiro atoms. The van der Waals surface area contributed by atoms with E-state index in [-0.39, 0.29) is 47.5 Å². The van der Waals surface area contributed by atoms with Gasteiger partial charge in [-0.15, -0.1) is 0 Å². The van der Waals surface area contributed by atoms with Crippen molar-refractivity contribution in [2.75, 3.05) is 76.8 Å². The topological polar surface area (TPSA) is 175 Å². The van der Waals surface area contributed by atoms with Gasteiger partial charge in [0.15, 0.2) is 22.8 Å². The lowest BCUT2D eigenvalue weighted by atomic mass is 9.89. The van der Waals surface area contributed by atoms with E-state index >= 15 is 0 Å². The Kier molecular flexibility index (Phi) is 10.7. The van der Waals surface area contributed by atoms with Crippen molar-refractivity contribution in [3.8, 4) is 23.0 Å². The van der Waals surface area contributed by atoms with E-state index < -0.39 is 29.2 Å². The molecule has 278 valence electrons. The summed E-state index contributed by atoms with van der Waals surface area (Å²) in [5, 5.41) is 4.00. The molecule has 4 heterocycles. The Hall–Kier alpha value is -4.83. The maximum absolute atomic E-state index is 14.3. The number of rotatable bonds is 12. The normalized spacial score (nSPS) is 19.2. The molecule has 3 aliphatic heterocycles. The predicted molar refractivity (Wildman–Crippen MR) is 192 cm³/mol. The fourth-order valence-corrected chi connectivity index (χ4v) is 7.59. The van der Waals surface area contributed by atoms with Gasteiger partial charge in [0.2, 0.25) is 17.4 Å². The summed E-state index contributed by atoms with van der Waals surface area (Å²) in [5.74, 6) is -1.63. The van der Waals surface area contributed by atoms with E-state index in [4.69, 9.17) is 28.4 Å². The van der Waals surface area contributed by atoms with Crippen molar-refractivity contribution in [1.29, 1.82) is 0 Å². The number of alkyl halides is 1. The number of morpholine rings is 1. The molecule has 3 aliphatic rings. The molecule has 2 atom stereocenters. The highest BCUT2D eigenvalue weighted by atomic mass is 79.9. The van der Waals surface area contributed by atoms with E-state index in [0.29, 0.717) is 90.3 Å². The Bertz CT molecular complexity index is 1940. The van der Waals surface area contributed by atoms with Crippen LogP contribution in [-0.2, 0) is 23.9 Å². The van der Waals surface area contributed by atoms with Gasteiger partial charge in [-0.2, -0.15) is 0 Å². The van der Waals surface area contributed by atoms with E-state index in [0.717, 1.165) is 0 Å². The number of aromatic amines is 1. The van der Waals surface area contributed by atoms with Crippen molar-refractivity contribution in [1.82, 2.24) is 9.88 Å². The number of anilines is 2. The first-order valence-electron chi connectivity index (χ1n) is 16.9. The lowest BCUT2D eigenvalue weighted by molar-refractivity contribution is -0.143. The van der Waals surface area contributed by atoms with E-state index in [1.165, 1.54) is 40.3 Å². The number of hydrogen-bond acceptors (Lipinski definition) is 12. The van der Waals surface area contributed by atoms with Gasteiger partial charge in [0.25, 0.3) is 5.91 Å². The van der Waals surface area contributed by atoms with Crippen molar-refractivity contribution < 1.29 is 52.4 Å². The number of fused-ring (bicyclic) bond motifs is 4. The number of carbonyl (C=O) groups excluding carboxylic acids is 5. The smallest absolute Gasteiger partial charge is 0.339 e. The Morgan fingerprint density at radius 1 is 0.962 bits per heavy atom. The average molecular weight is 786 g/mol. The van der Waals surface area contributed by atoms with Crippen LogP contribution in [0.4, 0.5) is 11.4 Å². The van der Waals surface area contributed by atoms with Crippen molar-refractivity contribution in [2.24, 2.45) is 0 Å².